The predicted octanol–water partition coefficient (Wildman–Crippen LogP) is 6.48. The largest absolute Gasteiger partial charge is 0.478 e. The van der Waals surface area contributed by atoms with Crippen LogP contribution in [0.2, 0.25) is 0 Å². The van der Waals surface area contributed by atoms with Crippen LogP contribution >= 0.6 is 0 Å². The van der Waals surface area contributed by atoms with Crippen molar-refractivity contribution >= 4 is 32.5 Å². The van der Waals surface area contributed by atoms with Crippen LogP contribution in [0, 0.1) is 5.82 Å². The van der Waals surface area contributed by atoms with Crippen molar-refractivity contribution in [1.29, 1.82) is 0 Å². The summed E-state index contributed by atoms with van der Waals surface area (Å²) in [5.74, 6) is -0.384. The van der Waals surface area contributed by atoms with Crippen molar-refractivity contribution in [3.8, 4) is 5.75 Å². The smallest absolute Gasteiger partial charge is 0.258 e. The fraction of sp³-hybridized carbons (Fsp3) is 0.176. The van der Waals surface area contributed by atoms with Crippen molar-refractivity contribution in [2.24, 2.45) is 0 Å². The number of nitrogens with zero attached hydrogens (tertiary/aromatic N) is 3. The van der Waals surface area contributed by atoms with Gasteiger partial charge in [0.25, 0.3) is 5.91 Å². The average molecular weight is 596 g/mol. The number of amides is 1. The van der Waals surface area contributed by atoms with E-state index in [9.17, 15) is 17.6 Å². The van der Waals surface area contributed by atoms with Crippen molar-refractivity contribution in [3.63, 3.8) is 0 Å². The normalized spacial score (nSPS) is 13.0. The highest BCUT2D eigenvalue weighted by Crippen LogP contribution is 2.47. The van der Waals surface area contributed by atoms with Gasteiger partial charge in [-0.2, -0.15) is 0 Å². The van der Waals surface area contributed by atoms with E-state index in [1.54, 1.807) is 36.2 Å². The lowest BCUT2D eigenvalue weighted by molar-refractivity contribution is 0.0762. The van der Waals surface area contributed by atoms with Crippen LogP contribution < -0.4 is 9.04 Å². The molecule has 0 atom stereocenters. The summed E-state index contributed by atoms with van der Waals surface area (Å²) in [4.78, 5) is 20.6. The molecule has 0 fully saturated rings. The van der Waals surface area contributed by atoms with E-state index < -0.39 is 16.1 Å². The third kappa shape index (κ3) is 5.44. The molecule has 1 amide bonds. The first kappa shape index (κ1) is 28.4. The number of anilines is 1. The molecule has 43 heavy (non-hydrogen) atoms. The summed E-state index contributed by atoms with van der Waals surface area (Å²) in [6, 6.07) is 29.0. The number of halogens is 1. The van der Waals surface area contributed by atoms with Crippen molar-refractivity contribution in [1.82, 2.24) is 9.88 Å². The van der Waals surface area contributed by atoms with E-state index in [-0.39, 0.29) is 36.9 Å². The minimum absolute atomic E-state index is 0.148. The molecule has 0 saturated heterocycles. The number of hydrogen-bond donors (Lipinski definition) is 0. The van der Waals surface area contributed by atoms with Gasteiger partial charge in [-0.25, -0.2) is 12.8 Å². The first-order chi connectivity index (χ1) is 20.8. The second-order valence-electron chi connectivity index (χ2n) is 10.5. The fourth-order valence-electron chi connectivity index (χ4n) is 5.71. The highest BCUT2D eigenvalue weighted by atomic mass is 32.2. The average Bonchev–Trinajstić information content (AvgIpc) is 3.33. The van der Waals surface area contributed by atoms with Gasteiger partial charge in [-0.1, -0.05) is 72.8 Å². The highest BCUT2D eigenvalue weighted by Gasteiger charge is 2.39. The zero-order valence-electron chi connectivity index (χ0n) is 23.8. The Balaban J connectivity index is 1.58. The van der Waals surface area contributed by atoms with Gasteiger partial charge in [0.1, 0.15) is 17.4 Å². The van der Waals surface area contributed by atoms with Crippen LogP contribution in [-0.2, 0) is 23.1 Å². The zero-order valence-corrected chi connectivity index (χ0v) is 24.6. The Morgan fingerprint density at radius 2 is 1.56 bits per heavy atom. The molecule has 6 rings (SSSR count). The molecule has 0 N–H and O–H groups in total. The number of sulfonamides is 1. The van der Waals surface area contributed by atoms with E-state index in [1.807, 2.05) is 66.7 Å². The van der Waals surface area contributed by atoms with E-state index in [1.165, 1.54) is 16.4 Å². The maximum absolute atomic E-state index is 14.3. The van der Waals surface area contributed by atoms with E-state index in [0.29, 0.717) is 27.9 Å². The number of ether oxygens (including phenoxy) is 1. The Morgan fingerprint density at radius 3 is 2.14 bits per heavy atom. The van der Waals surface area contributed by atoms with Gasteiger partial charge < -0.3 is 9.64 Å². The quantitative estimate of drug-likeness (QED) is 0.195. The summed E-state index contributed by atoms with van der Waals surface area (Å²) in [6.07, 6.45) is 2.19. The maximum atomic E-state index is 14.3. The molecule has 218 valence electrons. The van der Waals surface area contributed by atoms with Gasteiger partial charge in [0.2, 0.25) is 10.0 Å². The Bertz CT molecular complexity index is 1860. The van der Waals surface area contributed by atoms with Crippen molar-refractivity contribution < 1.29 is 22.3 Å². The van der Waals surface area contributed by atoms with Gasteiger partial charge in [-0.3, -0.25) is 14.1 Å². The Kier molecular flexibility index (Phi) is 7.58. The van der Waals surface area contributed by atoms with Gasteiger partial charge in [0.15, 0.2) is 5.75 Å². The molecule has 0 spiro atoms. The van der Waals surface area contributed by atoms with Crippen LogP contribution in [0.5, 0.6) is 5.75 Å². The topological polar surface area (TPSA) is 79.8 Å². The van der Waals surface area contributed by atoms with Crippen molar-refractivity contribution in [3.05, 3.63) is 137 Å². The van der Waals surface area contributed by atoms with E-state index in [4.69, 9.17) is 4.74 Å². The molecule has 2 heterocycles. The Labute approximate surface area is 250 Å². The van der Waals surface area contributed by atoms with Crippen molar-refractivity contribution in [2.75, 3.05) is 17.1 Å². The third-order valence-corrected chi connectivity index (χ3v) is 8.85. The minimum atomic E-state index is -3.71. The minimum Gasteiger partial charge on any atom is -0.478 e. The van der Waals surface area contributed by atoms with E-state index in [2.05, 4.69) is 4.98 Å². The summed E-state index contributed by atoms with van der Waals surface area (Å²) in [5.41, 5.74) is 4.16. The number of carbonyl (C=O) groups excluding carboxylic acids is 1. The van der Waals surface area contributed by atoms with E-state index >= 15 is 0 Å². The second kappa shape index (κ2) is 11.5. The number of pyridine rings is 1. The molecule has 0 radical (unpaired) electrons. The molecule has 7 nitrogen and oxygen atoms in total. The van der Waals surface area contributed by atoms with Gasteiger partial charge in [0.05, 0.1) is 17.5 Å². The number of fused-ring (bicyclic) bond motifs is 2. The molecule has 1 aromatic heterocycles. The Hall–Kier alpha value is -4.76. The first-order valence-electron chi connectivity index (χ1n) is 14.0. The van der Waals surface area contributed by atoms with Crippen LogP contribution in [0.3, 0.4) is 0 Å². The molecule has 0 saturated carbocycles. The lowest BCUT2D eigenvalue weighted by atomic mass is 9.99. The molecular weight excluding hydrogens is 565 g/mol. The summed E-state index contributed by atoms with van der Waals surface area (Å²) < 4.78 is 47.9. The Morgan fingerprint density at radius 1 is 0.930 bits per heavy atom. The van der Waals surface area contributed by atoms with Crippen molar-refractivity contribution in [2.45, 2.75) is 26.1 Å². The first-order valence-corrected chi connectivity index (χ1v) is 15.8. The SMILES string of the molecule is CCN(c1c2c(c(OC(c3ccccc3)c3ccccc3)c3ncccc13)C(=O)N(Cc1ccc(F)cc1)C2)S(C)(=O)=O. The van der Waals surface area contributed by atoms with E-state index in [0.717, 1.165) is 22.9 Å². The molecule has 0 unspecified atom stereocenters. The number of rotatable bonds is 9. The second-order valence-corrected chi connectivity index (χ2v) is 12.4. The molecular formula is C34H30FN3O4S. The van der Waals surface area contributed by atoms with Crippen LogP contribution in [-0.4, -0.2) is 37.0 Å². The summed E-state index contributed by atoms with van der Waals surface area (Å²) in [5, 5.41) is 0.569. The lowest BCUT2D eigenvalue weighted by Gasteiger charge is -2.27. The van der Waals surface area contributed by atoms with Crippen LogP contribution in [0.1, 0.15) is 45.6 Å². The van der Waals surface area contributed by atoms with Gasteiger partial charge in [-0.15, -0.1) is 0 Å². The highest BCUT2D eigenvalue weighted by molar-refractivity contribution is 7.92. The lowest BCUT2D eigenvalue weighted by Crippen LogP contribution is -2.31. The number of benzene rings is 4. The zero-order chi connectivity index (χ0) is 30.1. The molecule has 9 heteroatoms. The summed E-state index contributed by atoms with van der Waals surface area (Å²) >= 11 is 0. The maximum Gasteiger partial charge on any atom is 0.258 e. The molecule has 1 aliphatic rings. The van der Waals surface area contributed by atoms with Gasteiger partial charge in [-0.05, 0) is 47.9 Å². The number of hydrogen-bond acceptors (Lipinski definition) is 5. The molecule has 1 aliphatic heterocycles. The molecule has 5 aromatic rings. The monoisotopic (exact) mass is 595 g/mol. The molecule has 0 bridgehead atoms. The van der Waals surface area contributed by atoms with Crippen LogP contribution in [0.25, 0.3) is 10.9 Å². The van der Waals surface area contributed by atoms with Crippen LogP contribution in [0.4, 0.5) is 10.1 Å². The predicted molar refractivity (Wildman–Crippen MR) is 165 cm³/mol. The number of aromatic nitrogens is 1. The van der Waals surface area contributed by atoms with Gasteiger partial charge in [0, 0.05) is 36.8 Å². The molecule has 0 aliphatic carbocycles. The number of carbonyl (C=O) groups is 1. The molecule has 4 aromatic carbocycles. The standard InChI is InChI=1S/C34H30FN3O4S/c1-3-38(43(2,40)41)31-27-15-10-20-36-30(27)33(42-32(24-11-6-4-7-12-24)25-13-8-5-9-14-25)29-28(31)22-37(34(29)39)21-23-16-18-26(35)19-17-23/h4-20,32H,3,21-22H2,1-2H3. The van der Waals surface area contributed by atoms with Crippen LogP contribution in [0.15, 0.2) is 103 Å². The summed E-state index contributed by atoms with van der Waals surface area (Å²) in [6.45, 7) is 2.28. The van der Waals surface area contributed by atoms with Gasteiger partial charge >= 0.3 is 0 Å². The fourth-order valence-corrected chi connectivity index (χ4v) is 6.72. The summed E-state index contributed by atoms with van der Waals surface area (Å²) in [7, 11) is -3.71. The third-order valence-electron chi connectivity index (χ3n) is 7.61.